The molecule has 1 aromatic rings. The molecule has 2 saturated heterocycles. The summed E-state index contributed by atoms with van der Waals surface area (Å²) in [6.07, 6.45) is 1.17. The van der Waals surface area contributed by atoms with E-state index in [2.05, 4.69) is 0 Å². The zero-order valence-electron chi connectivity index (χ0n) is 17.6. The van der Waals surface area contributed by atoms with Crippen molar-refractivity contribution < 1.29 is 28.8 Å². The third-order valence-corrected chi connectivity index (χ3v) is 5.09. The van der Waals surface area contributed by atoms with Crippen LogP contribution in [0.5, 0.6) is 0 Å². The number of carbonyl (C=O) groups is 1. The number of aliphatic hydroxyl groups is 1. The molecule has 2 fully saturated rings. The van der Waals surface area contributed by atoms with Crippen LogP contribution in [-0.4, -0.2) is 66.0 Å². The Morgan fingerprint density at radius 1 is 1.24 bits per heavy atom. The van der Waals surface area contributed by atoms with Gasteiger partial charge in [0.25, 0.3) is 0 Å². The highest BCUT2D eigenvalue weighted by molar-refractivity contribution is 5.69. The van der Waals surface area contributed by atoms with Crippen LogP contribution in [0.15, 0.2) is 30.3 Å². The zero-order valence-corrected chi connectivity index (χ0v) is 17.6. The summed E-state index contributed by atoms with van der Waals surface area (Å²) in [5.41, 5.74) is 0.416. The highest BCUT2D eigenvalue weighted by Gasteiger charge is 2.47. The van der Waals surface area contributed by atoms with Crippen molar-refractivity contribution >= 4 is 6.09 Å². The molecule has 1 unspecified atom stereocenters. The van der Waals surface area contributed by atoms with Gasteiger partial charge in [-0.15, -0.1) is 0 Å². The van der Waals surface area contributed by atoms with E-state index < -0.39 is 23.8 Å². The van der Waals surface area contributed by atoms with Crippen LogP contribution < -0.4 is 0 Å². The molecule has 2 aliphatic rings. The molecule has 29 heavy (non-hydrogen) atoms. The van der Waals surface area contributed by atoms with Gasteiger partial charge in [-0.25, -0.2) is 4.79 Å². The second-order valence-corrected chi connectivity index (χ2v) is 8.61. The lowest BCUT2D eigenvalue weighted by atomic mass is 10.1. The molecule has 7 nitrogen and oxygen atoms in total. The average Bonchev–Trinajstić information content (AvgIpc) is 3.04. The number of hydrogen-bond acceptors (Lipinski definition) is 6. The zero-order chi connectivity index (χ0) is 20.9. The number of likely N-dealkylation sites (tertiary alicyclic amines) is 1. The molecule has 2 heterocycles. The van der Waals surface area contributed by atoms with Crippen LogP contribution in [-0.2, 0) is 25.6 Å². The molecule has 1 N–H and O–H groups in total. The summed E-state index contributed by atoms with van der Waals surface area (Å²) >= 11 is 0. The van der Waals surface area contributed by atoms with Crippen LogP contribution in [0.25, 0.3) is 0 Å². The van der Waals surface area contributed by atoms with Crippen molar-refractivity contribution in [3.63, 3.8) is 0 Å². The van der Waals surface area contributed by atoms with E-state index in [-0.39, 0.29) is 19.0 Å². The van der Waals surface area contributed by atoms with Crippen LogP contribution in [0.3, 0.4) is 0 Å². The maximum absolute atomic E-state index is 12.7. The number of aliphatic hydroxyl groups excluding tert-OH is 1. The number of ether oxygens (including phenoxy) is 4. The highest BCUT2D eigenvalue weighted by Crippen LogP contribution is 2.29. The Bertz CT molecular complexity index is 640. The molecule has 0 saturated carbocycles. The Morgan fingerprint density at radius 2 is 2.00 bits per heavy atom. The van der Waals surface area contributed by atoms with Crippen LogP contribution >= 0.6 is 0 Å². The van der Waals surface area contributed by atoms with Crippen molar-refractivity contribution in [2.45, 2.75) is 76.8 Å². The van der Waals surface area contributed by atoms with Gasteiger partial charge in [0, 0.05) is 6.61 Å². The van der Waals surface area contributed by atoms with Crippen LogP contribution in [0, 0.1) is 0 Å². The maximum atomic E-state index is 12.7. The smallest absolute Gasteiger partial charge is 0.410 e. The van der Waals surface area contributed by atoms with Gasteiger partial charge in [-0.3, -0.25) is 4.90 Å². The first kappa shape index (κ1) is 22.0. The predicted octanol–water partition coefficient (Wildman–Crippen LogP) is 3.10. The van der Waals surface area contributed by atoms with Crippen LogP contribution in [0.1, 0.15) is 45.6 Å². The van der Waals surface area contributed by atoms with Gasteiger partial charge in [0.15, 0.2) is 6.29 Å². The van der Waals surface area contributed by atoms with Crippen molar-refractivity contribution in [2.75, 3.05) is 19.8 Å². The van der Waals surface area contributed by atoms with Gasteiger partial charge in [-0.1, -0.05) is 30.3 Å². The molecule has 0 spiro atoms. The number of hydrogen-bond donors (Lipinski definition) is 1. The summed E-state index contributed by atoms with van der Waals surface area (Å²) in [6.45, 7) is 6.59. The second-order valence-electron chi connectivity index (χ2n) is 8.61. The summed E-state index contributed by atoms with van der Waals surface area (Å²) < 4.78 is 23.6. The molecular weight excluding hydrogens is 374 g/mol. The first-order chi connectivity index (χ1) is 13.9. The minimum atomic E-state index is -0.622. The lowest BCUT2D eigenvalue weighted by molar-refractivity contribution is -0.212. The molecule has 7 heteroatoms. The molecule has 0 aliphatic carbocycles. The normalized spacial score (nSPS) is 27.8. The molecule has 0 bridgehead atoms. The minimum absolute atomic E-state index is 0.234. The van der Waals surface area contributed by atoms with Crippen LogP contribution in [0.2, 0.25) is 0 Å². The fraction of sp³-hybridized carbons (Fsp3) is 0.682. The Hall–Kier alpha value is -1.67. The van der Waals surface area contributed by atoms with Crippen molar-refractivity contribution in [3.05, 3.63) is 35.9 Å². The van der Waals surface area contributed by atoms with Gasteiger partial charge < -0.3 is 24.1 Å². The maximum Gasteiger partial charge on any atom is 0.410 e. The first-order valence-electron chi connectivity index (χ1n) is 10.4. The van der Waals surface area contributed by atoms with Gasteiger partial charge in [0.2, 0.25) is 0 Å². The third-order valence-electron chi connectivity index (χ3n) is 5.09. The van der Waals surface area contributed by atoms with Crippen molar-refractivity contribution in [1.82, 2.24) is 4.90 Å². The number of amides is 1. The Kier molecular flexibility index (Phi) is 7.51. The SMILES string of the molecule is CC(C)(C)OC(=O)N1C[C@H](OCc2ccccc2)[C@@H](OC2CCCCO2)[C@H]1CO. The fourth-order valence-corrected chi connectivity index (χ4v) is 3.69. The lowest BCUT2D eigenvalue weighted by Gasteiger charge is -2.32. The van der Waals surface area contributed by atoms with E-state index in [0.717, 1.165) is 24.8 Å². The molecule has 1 amide bonds. The average molecular weight is 408 g/mol. The molecule has 2 aliphatic heterocycles. The second kappa shape index (κ2) is 9.89. The lowest BCUT2D eigenvalue weighted by Crippen LogP contribution is -2.46. The van der Waals surface area contributed by atoms with Crippen LogP contribution in [0.4, 0.5) is 4.79 Å². The quantitative estimate of drug-likeness (QED) is 0.781. The molecule has 3 rings (SSSR count). The number of rotatable bonds is 6. The number of nitrogens with zero attached hydrogens (tertiary/aromatic N) is 1. The first-order valence-corrected chi connectivity index (χ1v) is 10.4. The summed E-state index contributed by atoms with van der Waals surface area (Å²) in [5, 5.41) is 10.1. The van der Waals surface area contributed by atoms with E-state index in [1.807, 2.05) is 51.1 Å². The standard InChI is InChI=1S/C22H33NO6/c1-22(2,3)29-21(25)23-13-18(27-15-16-9-5-4-6-10-16)20(17(23)14-24)28-19-11-7-8-12-26-19/h4-6,9-10,17-20,24H,7-8,11-15H2,1-3H3/t17-,18+,19?,20+/m1/s1. The van der Waals surface area contributed by atoms with Gasteiger partial charge in [0.1, 0.15) is 17.8 Å². The Labute approximate surface area is 172 Å². The number of benzene rings is 1. The molecule has 0 radical (unpaired) electrons. The fourth-order valence-electron chi connectivity index (χ4n) is 3.69. The molecule has 4 atom stereocenters. The van der Waals surface area contributed by atoms with E-state index >= 15 is 0 Å². The van der Waals surface area contributed by atoms with E-state index in [1.165, 1.54) is 4.90 Å². The highest BCUT2D eigenvalue weighted by atomic mass is 16.7. The van der Waals surface area contributed by atoms with Crippen molar-refractivity contribution in [3.8, 4) is 0 Å². The summed E-state index contributed by atoms with van der Waals surface area (Å²) in [6, 6.07) is 9.31. The largest absolute Gasteiger partial charge is 0.444 e. The van der Waals surface area contributed by atoms with E-state index in [0.29, 0.717) is 19.8 Å². The Morgan fingerprint density at radius 3 is 2.62 bits per heavy atom. The van der Waals surface area contributed by atoms with Crippen molar-refractivity contribution in [2.24, 2.45) is 0 Å². The van der Waals surface area contributed by atoms with Gasteiger partial charge in [-0.05, 0) is 45.6 Å². The van der Waals surface area contributed by atoms with E-state index in [4.69, 9.17) is 18.9 Å². The molecular formula is C22H33NO6. The van der Waals surface area contributed by atoms with Crippen molar-refractivity contribution in [1.29, 1.82) is 0 Å². The monoisotopic (exact) mass is 407 g/mol. The third kappa shape index (κ3) is 6.15. The molecule has 162 valence electrons. The topological polar surface area (TPSA) is 77.5 Å². The summed E-state index contributed by atoms with van der Waals surface area (Å²) in [4.78, 5) is 14.3. The van der Waals surface area contributed by atoms with E-state index in [9.17, 15) is 9.90 Å². The van der Waals surface area contributed by atoms with E-state index in [1.54, 1.807) is 0 Å². The molecule has 1 aromatic carbocycles. The summed E-state index contributed by atoms with van der Waals surface area (Å²) in [7, 11) is 0. The minimum Gasteiger partial charge on any atom is -0.444 e. The Balaban J connectivity index is 1.73. The summed E-state index contributed by atoms with van der Waals surface area (Å²) in [5.74, 6) is 0. The van der Waals surface area contributed by atoms with Gasteiger partial charge >= 0.3 is 6.09 Å². The number of carbonyl (C=O) groups excluding carboxylic acids is 1. The van der Waals surface area contributed by atoms with Gasteiger partial charge in [0.05, 0.1) is 25.8 Å². The van der Waals surface area contributed by atoms with Gasteiger partial charge in [-0.2, -0.15) is 0 Å². The predicted molar refractivity (Wildman–Crippen MR) is 107 cm³/mol. The molecule has 0 aromatic heterocycles.